The third-order valence-electron chi connectivity index (χ3n) is 3.14. The lowest BCUT2D eigenvalue weighted by atomic mass is 10.2. The molecule has 0 amide bonds. The van der Waals surface area contributed by atoms with Crippen molar-refractivity contribution in [1.82, 2.24) is 19.6 Å². The second-order valence-corrected chi connectivity index (χ2v) is 4.94. The normalized spacial score (nSPS) is 11.0. The maximum atomic E-state index is 12.4. The van der Waals surface area contributed by atoms with E-state index in [1.54, 1.807) is 19.3 Å². The van der Waals surface area contributed by atoms with E-state index in [-0.39, 0.29) is 25.0 Å². The molecule has 0 saturated heterocycles. The predicted octanol–water partition coefficient (Wildman–Crippen LogP) is 3.27. The van der Waals surface area contributed by atoms with Crippen LogP contribution < -0.4 is 5.32 Å². The summed E-state index contributed by atoms with van der Waals surface area (Å²) in [5, 5.41) is 11.5. The van der Waals surface area contributed by atoms with Crippen molar-refractivity contribution in [2.75, 3.05) is 5.32 Å². The lowest BCUT2D eigenvalue weighted by Crippen LogP contribution is -2.12. The molecule has 0 aromatic carbocycles. The summed E-state index contributed by atoms with van der Waals surface area (Å²) < 4.78 is 28.0. The Morgan fingerprint density at radius 2 is 2.00 bits per heavy atom. The first-order valence-corrected chi connectivity index (χ1v) is 6.56. The molecule has 2 aromatic rings. The molecule has 5 nitrogen and oxygen atoms in total. The molecule has 8 heteroatoms. The molecule has 2 aromatic heterocycles. The molecule has 1 N–H and O–H groups in total. The van der Waals surface area contributed by atoms with E-state index in [9.17, 15) is 8.78 Å². The van der Waals surface area contributed by atoms with Gasteiger partial charge in [0.2, 0.25) is 0 Å². The molecule has 0 aliphatic heterocycles. The molecule has 0 saturated carbocycles. The summed E-state index contributed by atoms with van der Waals surface area (Å²) in [6.45, 7) is 6.06. The molecule has 0 fully saturated rings. The highest BCUT2D eigenvalue weighted by atomic mass is 35.5. The predicted molar refractivity (Wildman–Crippen MR) is 80.2 cm³/mol. The zero-order valence-corrected chi connectivity index (χ0v) is 13.1. The second-order valence-electron chi connectivity index (χ2n) is 4.94. The number of alkyl halides is 2. The number of nitrogens with one attached hydrogen (secondary N) is 1. The lowest BCUT2D eigenvalue weighted by molar-refractivity contribution is 0.121. The average molecular weight is 320 g/mol. The van der Waals surface area contributed by atoms with Crippen molar-refractivity contribution >= 4 is 18.2 Å². The third kappa shape index (κ3) is 4.17. The molecule has 0 atom stereocenters. The quantitative estimate of drug-likeness (QED) is 0.889. The highest BCUT2D eigenvalue weighted by Gasteiger charge is 2.12. The van der Waals surface area contributed by atoms with Crippen LogP contribution in [0.4, 0.5) is 14.6 Å². The monoisotopic (exact) mass is 319 g/mol. The van der Waals surface area contributed by atoms with E-state index in [1.165, 1.54) is 4.68 Å². The van der Waals surface area contributed by atoms with Crippen molar-refractivity contribution in [2.45, 2.75) is 46.3 Å². The van der Waals surface area contributed by atoms with Gasteiger partial charge in [-0.25, -0.2) is 13.5 Å². The van der Waals surface area contributed by atoms with Crippen molar-refractivity contribution in [3.8, 4) is 0 Å². The molecule has 2 rings (SSSR count). The van der Waals surface area contributed by atoms with Gasteiger partial charge in [0.15, 0.2) is 0 Å². The first-order chi connectivity index (χ1) is 9.49. The summed E-state index contributed by atoms with van der Waals surface area (Å²) in [7, 11) is 0. The molecule has 2 heterocycles. The van der Waals surface area contributed by atoms with Crippen LogP contribution in [0.3, 0.4) is 0 Å². The summed E-state index contributed by atoms with van der Waals surface area (Å²) in [4.78, 5) is 0. The van der Waals surface area contributed by atoms with Crippen molar-refractivity contribution in [3.05, 3.63) is 29.7 Å². The maximum absolute atomic E-state index is 12.4. The third-order valence-corrected chi connectivity index (χ3v) is 3.14. The number of hydrogen-bond acceptors (Lipinski definition) is 3. The standard InChI is InChI=1S/C13H19F2N5.ClH/c1-9(2)20-13(4-5-17-20)16-6-11-7-18-19(10(11)3)8-12(14)15;/h4-5,7,9,12,16H,6,8H2,1-3H3;1H. The Bertz CT molecular complexity index is 565. The molecular formula is C13H20ClF2N5. The second kappa shape index (κ2) is 7.40. The van der Waals surface area contributed by atoms with Crippen LogP contribution in [0.5, 0.6) is 0 Å². The first kappa shape index (κ1) is 17.4. The van der Waals surface area contributed by atoms with E-state index < -0.39 is 6.43 Å². The molecule has 0 spiro atoms. The molecule has 0 aliphatic rings. The van der Waals surface area contributed by atoms with Gasteiger partial charge in [0.25, 0.3) is 6.43 Å². The van der Waals surface area contributed by atoms with Crippen LogP contribution in [0.25, 0.3) is 0 Å². The fourth-order valence-corrected chi connectivity index (χ4v) is 2.03. The van der Waals surface area contributed by atoms with E-state index in [0.29, 0.717) is 6.54 Å². The zero-order valence-electron chi connectivity index (χ0n) is 12.3. The Labute approximate surface area is 128 Å². The van der Waals surface area contributed by atoms with Gasteiger partial charge in [-0.1, -0.05) is 0 Å². The topological polar surface area (TPSA) is 47.7 Å². The van der Waals surface area contributed by atoms with Gasteiger partial charge < -0.3 is 5.32 Å². The smallest absolute Gasteiger partial charge is 0.257 e. The van der Waals surface area contributed by atoms with E-state index in [2.05, 4.69) is 15.5 Å². The molecule has 118 valence electrons. The Hall–Kier alpha value is -1.63. The van der Waals surface area contributed by atoms with Crippen LogP contribution in [0, 0.1) is 6.92 Å². The molecular weight excluding hydrogens is 300 g/mol. The summed E-state index contributed by atoms with van der Waals surface area (Å²) in [6.07, 6.45) is 0.965. The Morgan fingerprint density at radius 1 is 1.29 bits per heavy atom. The summed E-state index contributed by atoms with van der Waals surface area (Å²) >= 11 is 0. The van der Waals surface area contributed by atoms with E-state index in [4.69, 9.17) is 0 Å². The fraction of sp³-hybridized carbons (Fsp3) is 0.538. The van der Waals surface area contributed by atoms with Crippen molar-refractivity contribution in [3.63, 3.8) is 0 Å². The molecule has 0 unspecified atom stereocenters. The largest absolute Gasteiger partial charge is 0.366 e. The van der Waals surface area contributed by atoms with E-state index >= 15 is 0 Å². The van der Waals surface area contributed by atoms with Crippen molar-refractivity contribution < 1.29 is 8.78 Å². The van der Waals surface area contributed by atoms with Crippen LogP contribution in [0.15, 0.2) is 18.5 Å². The SMILES string of the molecule is Cc1c(CNc2ccnn2C(C)C)cnn1CC(F)F.Cl. The summed E-state index contributed by atoms with van der Waals surface area (Å²) in [5.74, 6) is 0.904. The summed E-state index contributed by atoms with van der Waals surface area (Å²) in [6, 6.07) is 2.15. The number of rotatable bonds is 6. The molecule has 0 bridgehead atoms. The van der Waals surface area contributed by atoms with Gasteiger partial charge in [-0.2, -0.15) is 10.2 Å². The minimum absolute atomic E-state index is 0. The Balaban J connectivity index is 0.00000220. The van der Waals surface area contributed by atoms with Crippen LogP contribution in [0.1, 0.15) is 31.1 Å². The molecule has 0 aliphatic carbocycles. The minimum Gasteiger partial charge on any atom is -0.366 e. The number of aromatic nitrogens is 4. The van der Waals surface area contributed by atoms with Gasteiger partial charge in [-0.15, -0.1) is 12.4 Å². The van der Waals surface area contributed by atoms with Crippen LogP contribution in [-0.4, -0.2) is 26.0 Å². The van der Waals surface area contributed by atoms with Gasteiger partial charge in [0.1, 0.15) is 12.4 Å². The average Bonchev–Trinajstić information content (AvgIpc) is 2.95. The van der Waals surface area contributed by atoms with E-state index in [1.807, 2.05) is 24.6 Å². The van der Waals surface area contributed by atoms with Gasteiger partial charge in [-0.3, -0.25) is 4.68 Å². The van der Waals surface area contributed by atoms with Gasteiger partial charge in [0, 0.05) is 29.9 Å². The summed E-state index contributed by atoms with van der Waals surface area (Å²) in [5.41, 5.74) is 1.66. The lowest BCUT2D eigenvalue weighted by Gasteiger charge is -2.12. The van der Waals surface area contributed by atoms with Crippen molar-refractivity contribution in [2.24, 2.45) is 0 Å². The highest BCUT2D eigenvalue weighted by molar-refractivity contribution is 5.85. The Morgan fingerprint density at radius 3 is 2.62 bits per heavy atom. The number of hydrogen-bond donors (Lipinski definition) is 1. The minimum atomic E-state index is -2.39. The molecule has 0 radical (unpaired) electrons. The fourth-order valence-electron chi connectivity index (χ4n) is 2.03. The Kier molecular flexibility index (Phi) is 6.14. The van der Waals surface area contributed by atoms with Gasteiger partial charge in [-0.05, 0) is 20.8 Å². The molecule has 21 heavy (non-hydrogen) atoms. The van der Waals surface area contributed by atoms with E-state index in [0.717, 1.165) is 17.1 Å². The van der Waals surface area contributed by atoms with Crippen molar-refractivity contribution in [1.29, 1.82) is 0 Å². The van der Waals surface area contributed by atoms with Gasteiger partial charge >= 0.3 is 0 Å². The van der Waals surface area contributed by atoms with Crippen LogP contribution >= 0.6 is 12.4 Å². The van der Waals surface area contributed by atoms with Gasteiger partial charge in [0.05, 0.1) is 12.4 Å². The zero-order chi connectivity index (χ0) is 14.7. The first-order valence-electron chi connectivity index (χ1n) is 6.56. The number of halogens is 3. The number of anilines is 1. The maximum Gasteiger partial charge on any atom is 0.257 e. The van der Waals surface area contributed by atoms with Crippen LogP contribution in [0.2, 0.25) is 0 Å². The van der Waals surface area contributed by atoms with Crippen LogP contribution in [-0.2, 0) is 13.1 Å². The highest BCUT2D eigenvalue weighted by Crippen LogP contribution is 2.16. The number of nitrogens with zero attached hydrogens (tertiary/aromatic N) is 4.